The van der Waals surface area contributed by atoms with Gasteiger partial charge < -0.3 is 9.47 Å². The second-order valence-electron chi connectivity index (χ2n) is 5.60. The molecule has 0 saturated carbocycles. The molecule has 2 aliphatic rings. The molecule has 0 atom stereocenters. The lowest BCUT2D eigenvalue weighted by Crippen LogP contribution is -1.94. The van der Waals surface area contributed by atoms with Crippen molar-refractivity contribution in [2.75, 3.05) is 14.2 Å². The topological polar surface area (TPSA) is 76.6 Å². The minimum atomic E-state index is 0.411. The zero-order valence-corrected chi connectivity index (χ0v) is 13.7. The Morgan fingerprint density at radius 2 is 1.72 bits per heavy atom. The van der Waals surface area contributed by atoms with E-state index in [2.05, 4.69) is 15.4 Å². The second-order valence-corrected chi connectivity index (χ2v) is 5.60. The molecule has 1 aliphatic carbocycles. The Morgan fingerprint density at radius 3 is 2.44 bits per heavy atom. The normalized spacial score (nSPS) is 11.0. The molecule has 6 heteroatoms. The largest absolute Gasteiger partial charge is 0.493 e. The molecule has 0 spiro atoms. The van der Waals surface area contributed by atoms with Gasteiger partial charge in [-0.1, -0.05) is 24.3 Å². The maximum Gasteiger partial charge on any atom is 0.161 e. The minimum Gasteiger partial charge on any atom is -0.493 e. The first-order chi connectivity index (χ1) is 12.3. The van der Waals surface area contributed by atoms with Crippen LogP contribution in [0.25, 0.3) is 33.3 Å². The van der Waals surface area contributed by atoms with Crippen molar-refractivity contribution in [3.8, 4) is 34.0 Å². The van der Waals surface area contributed by atoms with Crippen molar-refractivity contribution >= 4 is 16.5 Å². The van der Waals surface area contributed by atoms with Gasteiger partial charge in [-0.25, -0.2) is 0 Å². The molecule has 2 aromatic rings. The summed E-state index contributed by atoms with van der Waals surface area (Å²) in [5.41, 5.74) is 3.49. The quantitative estimate of drug-likeness (QED) is 0.547. The Hall–Kier alpha value is -3.41. The first kappa shape index (κ1) is 15.1. The number of methoxy groups -OCH3 is 2. The van der Waals surface area contributed by atoms with Gasteiger partial charge in [-0.15, -0.1) is 4.91 Å². The van der Waals surface area contributed by atoms with E-state index in [0.29, 0.717) is 17.2 Å². The summed E-state index contributed by atoms with van der Waals surface area (Å²) in [5.74, 6) is 1.27. The molecule has 25 heavy (non-hydrogen) atoms. The number of nitrogens with one attached hydrogen (secondary N) is 1. The number of nitroso groups, excluding NO2 is 1. The number of hydrogen-bond acceptors (Lipinski definition) is 5. The van der Waals surface area contributed by atoms with Crippen molar-refractivity contribution < 1.29 is 9.47 Å². The lowest BCUT2D eigenvalue weighted by atomic mass is 10.1. The molecule has 2 aromatic carbocycles. The van der Waals surface area contributed by atoms with Crippen LogP contribution >= 0.6 is 0 Å². The molecule has 0 aromatic heterocycles. The van der Waals surface area contributed by atoms with Crippen molar-refractivity contribution in [3.05, 3.63) is 53.4 Å². The molecule has 0 amide bonds. The summed E-state index contributed by atoms with van der Waals surface area (Å²) in [6.07, 6.45) is 0. The number of fused-ring (bicyclic) bond motifs is 3. The maximum atomic E-state index is 11.4. The molecule has 124 valence electrons. The SMILES string of the molecule is COc1ccc(-c2cc3c(N=O)c4ccccc4c-3n[nH]2)cc1OC. The van der Waals surface area contributed by atoms with Crippen LogP contribution in [-0.4, -0.2) is 24.4 Å². The lowest BCUT2D eigenvalue weighted by Gasteiger charge is -2.10. The molecule has 4 rings (SSSR count). The van der Waals surface area contributed by atoms with Crippen LogP contribution in [0.4, 0.5) is 5.69 Å². The number of rotatable bonds is 4. The average Bonchev–Trinajstić information content (AvgIpc) is 3.00. The third kappa shape index (κ3) is 2.30. The number of benzene rings is 2. The van der Waals surface area contributed by atoms with Gasteiger partial charge in [0.1, 0.15) is 11.4 Å². The fourth-order valence-electron chi connectivity index (χ4n) is 3.10. The van der Waals surface area contributed by atoms with Crippen LogP contribution in [0.1, 0.15) is 0 Å². The molecule has 1 aliphatic heterocycles. The van der Waals surface area contributed by atoms with Crippen LogP contribution in [0, 0.1) is 4.91 Å². The highest BCUT2D eigenvalue weighted by Gasteiger charge is 2.21. The number of H-pyrrole nitrogens is 1. The first-order valence-electron chi connectivity index (χ1n) is 7.72. The van der Waals surface area contributed by atoms with Gasteiger partial charge in [-0.3, -0.25) is 5.10 Å². The van der Waals surface area contributed by atoms with Crippen LogP contribution in [0.15, 0.2) is 53.7 Å². The first-order valence-corrected chi connectivity index (χ1v) is 7.72. The van der Waals surface area contributed by atoms with E-state index in [0.717, 1.165) is 33.3 Å². The molecule has 0 saturated heterocycles. The summed E-state index contributed by atoms with van der Waals surface area (Å²) in [6, 6.07) is 15.1. The fraction of sp³-hybridized carbons (Fsp3) is 0.105. The molecule has 0 bridgehead atoms. The van der Waals surface area contributed by atoms with Crippen molar-refractivity contribution in [2.24, 2.45) is 5.18 Å². The zero-order valence-electron chi connectivity index (χ0n) is 13.7. The lowest BCUT2D eigenvalue weighted by molar-refractivity contribution is 0.355. The number of aromatic amines is 1. The standard InChI is InChI=1S/C19H15N3O3/c1-24-16-8-7-11(9-17(16)25-2)15-10-14-18(21-20-15)12-5-3-4-6-13(12)19(14)22-23/h3-10,20H,1-2H3. The molecular weight excluding hydrogens is 318 g/mol. The summed E-state index contributed by atoms with van der Waals surface area (Å²) in [6.45, 7) is 0. The molecule has 0 fully saturated rings. The predicted octanol–water partition coefficient (Wildman–Crippen LogP) is 4.75. The maximum absolute atomic E-state index is 11.4. The van der Waals surface area contributed by atoms with Gasteiger partial charge in [0, 0.05) is 21.9 Å². The van der Waals surface area contributed by atoms with Gasteiger partial charge >= 0.3 is 0 Å². The monoisotopic (exact) mass is 333 g/mol. The van der Waals surface area contributed by atoms with E-state index in [1.54, 1.807) is 14.2 Å². The third-order valence-corrected chi connectivity index (χ3v) is 4.31. The number of nitrogens with zero attached hydrogens (tertiary/aromatic N) is 2. The minimum absolute atomic E-state index is 0.411. The zero-order chi connectivity index (χ0) is 17.4. The van der Waals surface area contributed by atoms with E-state index in [-0.39, 0.29) is 0 Å². The Bertz CT molecular complexity index is 1060. The number of ether oxygens (including phenoxy) is 2. The van der Waals surface area contributed by atoms with E-state index in [9.17, 15) is 4.91 Å². The molecule has 6 nitrogen and oxygen atoms in total. The highest BCUT2D eigenvalue weighted by Crippen LogP contribution is 2.44. The Labute approximate surface area is 143 Å². The number of hydrogen-bond donors (Lipinski definition) is 1. The van der Waals surface area contributed by atoms with Gasteiger partial charge in [0.05, 0.1) is 19.9 Å². The van der Waals surface area contributed by atoms with Gasteiger partial charge in [0.15, 0.2) is 11.5 Å². The van der Waals surface area contributed by atoms with Crippen molar-refractivity contribution in [1.82, 2.24) is 10.2 Å². The Morgan fingerprint density at radius 1 is 0.960 bits per heavy atom. The van der Waals surface area contributed by atoms with E-state index in [1.165, 1.54) is 0 Å². The van der Waals surface area contributed by atoms with Crippen LogP contribution in [0.2, 0.25) is 0 Å². The van der Waals surface area contributed by atoms with Gasteiger partial charge in [0.2, 0.25) is 0 Å². The Balaban J connectivity index is 1.94. The van der Waals surface area contributed by atoms with Crippen molar-refractivity contribution in [2.45, 2.75) is 0 Å². The highest BCUT2D eigenvalue weighted by atomic mass is 16.5. The van der Waals surface area contributed by atoms with Gasteiger partial charge in [0.25, 0.3) is 0 Å². The van der Waals surface area contributed by atoms with Gasteiger partial charge in [-0.2, -0.15) is 5.10 Å². The highest BCUT2D eigenvalue weighted by molar-refractivity contribution is 6.11. The summed E-state index contributed by atoms with van der Waals surface area (Å²) >= 11 is 0. The summed E-state index contributed by atoms with van der Waals surface area (Å²) in [5, 5.41) is 12.5. The molecule has 0 unspecified atom stereocenters. The van der Waals surface area contributed by atoms with Crippen molar-refractivity contribution in [3.63, 3.8) is 0 Å². The summed E-state index contributed by atoms with van der Waals surface area (Å²) in [7, 11) is 3.18. The fourth-order valence-corrected chi connectivity index (χ4v) is 3.10. The Kier molecular flexibility index (Phi) is 3.57. The van der Waals surface area contributed by atoms with Crippen LogP contribution in [0.3, 0.4) is 0 Å². The van der Waals surface area contributed by atoms with Crippen LogP contribution < -0.4 is 9.47 Å². The number of aromatic nitrogens is 2. The molecule has 1 heterocycles. The van der Waals surface area contributed by atoms with Crippen LogP contribution in [0.5, 0.6) is 11.5 Å². The average molecular weight is 333 g/mol. The van der Waals surface area contributed by atoms with E-state index in [4.69, 9.17) is 9.47 Å². The van der Waals surface area contributed by atoms with Crippen molar-refractivity contribution in [1.29, 1.82) is 0 Å². The van der Waals surface area contributed by atoms with E-state index >= 15 is 0 Å². The van der Waals surface area contributed by atoms with Crippen LogP contribution in [-0.2, 0) is 0 Å². The smallest absolute Gasteiger partial charge is 0.161 e. The predicted molar refractivity (Wildman–Crippen MR) is 96.7 cm³/mol. The molecule has 0 radical (unpaired) electrons. The third-order valence-electron chi connectivity index (χ3n) is 4.31. The summed E-state index contributed by atoms with van der Waals surface area (Å²) in [4.78, 5) is 11.4. The molecular formula is C19H15N3O3. The van der Waals surface area contributed by atoms with E-state index < -0.39 is 0 Å². The second kappa shape index (κ2) is 5.90. The van der Waals surface area contributed by atoms with E-state index in [1.807, 2.05) is 48.5 Å². The van der Waals surface area contributed by atoms with Gasteiger partial charge in [-0.05, 0) is 29.4 Å². The molecule has 1 N–H and O–H groups in total. The summed E-state index contributed by atoms with van der Waals surface area (Å²) < 4.78 is 10.6.